The zero-order chi connectivity index (χ0) is 17.5. The highest BCUT2D eigenvalue weighted by atomic mass is 32.1. The molecule has 1 heterocycles. The van der Waals surface area contributed by atoms with Crippen LogP contribution in [-0.2, 0) is 0 Å². The molecule has 126 valence electrons. The monoisotopic (exact) mass is 341 g/mol. The number of likely N-dealkylation sites (N-methyl/N-ethyl adjacent to an activating group) is 1. The first-order valence-corrected chi connectivity index (χ1v) is 8.87. The highest BCUT2D eigenvalue weighted by molar-refractivity contribution is 7.80. The molecule has 2 rings (SSSR count). The van der Waals surface area contributed by atoms with Gasteiger partial charge in [0, 0.05) is 24.2 Å². The average molecular weight is 342 g/mol. The molecule has 0 amide bonds. The van der Waals surface area contributed by atoms with E-state index >= 15 is 0 Å². The number of carbonyl (C=O) groups is 1. The van der Waals surface area contributed by atoms with Gasteiger partial charge in [-0.25, -0.2) is 0 Å². The van der Waals surface area contributed by atoms with Crippen molar-refractivity contribution in [2.75, 3.05) is 6.54 Å². The molecular formula is C20H25N2OS+. The zero-order valence-corrected chi connectivity index (χ0v) is 15.3. The second-order valence-electron chi connectivity index (χ2n) is 5.92. The smallest absolute Gasteiger partial charge is 0.270 e. The van der Waals surface area contributed by atoms with Crippen LogP contribution in [0, 0.1) is 0 Å². The highest BCUT2D eigenvalue weighted by Gasteiger charge is 2.32. The van der Waals surface area contributed by atoms with Gasteiger partial charge in [0.1, 0.15) is 0 Å². The van der Waals surface area contributed by atoms with Crippen LogP contribution in [-0.4, -0.2) is 17.3 Å². The maximum absolute atomic E-state index is 13.1. The molecule has 0 bridgehead atoms. The molecule has 1 aromatic carbocycles. The summed E-state index contributed by atoms with van der Waals surface area (Å²) in [5.41, 5.74) is 1.94. The largest absolute Gasteiger partial charge is 0.374 e. The number of nitrogens with one attached hydrogen (secondary N) is 1. The van der Waals surface area contributed by atoms with E-state index in [0.29, 0.717) is 23.0 Å². The third kappa shape index (κ3) is 4.26. The number of carbonyl (C=O) groups excluding carboxylic acids is 1. The second-order valence-corrected chi connectivity index (χ2v) is 6.36. The number of Topliss-reactive ketones (excluding diaryl/α,β-unsaturated/α-hetero) is 1. The van der Waals surface area contributed by atoms with E-state index in [4.69, 9.17) is 12.2 Å². The quantitative estimate of drug-likeness (QED) is 0.472. The number of hydrogen-bond acceptors (Lipinski definition) is 2. The van der Waals surface area contributed by atoms with Gasteiger partial charge in [0.25, 0.3) is 6.04 Å². The number of nitrogens with zero attached hydrogens (tertiary/aromatic N) is 1. The van der Waals surface area contributed by atoms with Crippen LogP contribution in [0.5, 0.6) is 0 Å². The van der Waals surface area contributed by atoms with Gasteiger partial charge in [0.15, 0.2) is 17.4 Å². The molecule has 3 nitrogen and oxygen atoms in total. The molecule has 0 fully saturated rings. The van der Waals surface area contributed by atoms with E-state index in [1.165, 1.54) is 5.56 Å². The van der Waals surface area contributed by atoms with E-state index in [-0.39, 0.29) is 5.78 Å². The van der Waals surface area contributed by atoms with E-state index in [2.05, 4.69) is 19.2 Å². The van der Waals surface area contributed by atoms with E-state index in [9.17, 15) is 4.79 Å². The summed E-state index contributed by atoms with van der Waals surface area (Å²) < 4.78 is 1.86. The fourth-order valence-electron chi connectivity index (χ4n) is 2.61. The molecule has 1 N–H and O–H groups in total. The summed E-state index contributed by atoms with van der Waals surface area (Å²) in [6, 6.07) is 13.1. The minimum atomic E-state index is -0.518. The third-order valence-electron chi connectivity index (χ3n) is 4.26. The maximum atomic E-state index is 13.1. The number of benzene rings is 1. The Hall–Kier alpha value is -2.07. The van der Waals surface area contributed by atoms with Crippen molar-refractivity contribution in [3.8, 4) is 0 Å². The van der Waals surface area contributed by atoms with Crippen LogP contribution in [0.1, 0.15) is 55.1 Å². The molecule has 0 aliphatic carbocycles. The van der Waals surface area contributed by atoms with Gasteiger partial charge in [-0.2, -0.15) is 4.57 Å². The van der Waals surface area contributed by atoms with Crippen molar-refractivity contribution in [2.45, 2.75) is 39.2 Å². The lowest BCUT2D eigenvalue weighted by atomic mass is 9.95. The average Bonchev–Trinajstić information content (AvgIpc) is 2.62. The lowest BCUT2D eigenvalue weighted by Crippen LogP contribution is -2.51. The molecular weight excluding hydrogens is 316 g/mol. The predicted octanol–water partition coefficient (Wildman–Crippen LogP) is 3.85. The van der Waals surface area contributed by atoms with Crippen LogP contribution in [0.3, 0.4) is 0 Å². The van der Waals surface area contributed by atoms with Crippen molar-refractivity contribution in [1.29, 1.82) is 0 Å². The van der Waals surface area contributed by atoms with Crippen LogP contribution in [0.15, 0.2) is 54.9 Å². The second kappa shape index (κ2) is 8.69. The fraction of sp³-hybridized carbons (Fsp3) is 0.350. The van der Waals surface area contributed by atoms with Gasteiger partial charge < -0.3 is 5.32 Å². The first kappa shape index (κ1) is 18.3. The molecule has 24 heavy (non-hydrogen) atoms. The lowest BCUT2D eigenvalue weighted by Gasteiger charge is -2.14. The standard InChI is InChI=1S/C20H24N2OS/c1-4-15(3)16-9-11-17(12-10-16)19(23)18(20(24)21-5-2)22-13-7-6-8-14-22/h6-15,18H,4-5H2,1-3H3/p+1/t15-,18-/m1/s1. The summed E-state index contributed by atoms with van der Waals surface area (Å²) in [5, 5.41) is 3.12. The van der Waals surface area contributed by atoms with Crippen molar-refractivity contribution in [3.63, 3.8) is 0 Å². The molecule has 2 aromatic rings. The Labute approximate surface area is 149 Å². The SMILES string of the molecule is CCNC(=S)[C@@H](C(=O)c1ccc([C@H](C)CC)cc1)[n+]1ccccc1. The fourth-order valence-corrected chi connectivity index (χ4v) is 2.99. The van der Waals surface area contributed by atoms with E-state index in [1.807, 2.05) is 66.3 Å². The van der Waals surface area contributed by atoms with Gasteiger partial charge in [-0.05, 0) is 24.8 Å². The van der Waals surface area contributed by atoms with Crippen molar-refractivity contribution in [2.24, 2.45) is 0 Å². The van der Waals surface area contributed by atoms with Gasteiger partial charge in [-0.3, -0.25) is 4.79 Å². The third-order valence-corrected chi connectivity index (χ3v) is 4.63. The first-order chi connectivity index (χ1) is 11.6. The zero-order valence-electron chi connectivity index (χ0n) is 14.5. The summed E-state index contributed by atoms with van der Waals surface area (Å²) in [6.07, 6.45) is 4.83. The van der Waals surface area contributed by atoms with E-state index in [0.717, 1.165) is 6.42 Å². The van der Waals surface area contributed by atoms with Crippen molar-refractivity contribution >= 4 is 23.0 Å². The first-order valence-electron chi connectivity index (χ1n) is 8.46. The summed E-state index contributed by atoms with van der Waals surface area (Å²) in [5.74, 6) is 0.504. The molecule has 0 aliphatic rings. The summed E-state index contributed by atoms with van der Waals surface area (Å²) >= 11 is 5.47. The summed E-state index contributed by atoms with van der Waals surface area (Å²) in [6.45, 7) is 7.04. The Morgan fingerprint density at radius 3 is 2.29 bits per heavy atom. The number of ketones is 1. The van der Waals surface area contributed by atoms with Gasteiger partial charge in [0.2, 0.25) is 5.78 Å². The van der Waals surface area contributed by atoms with Crippen LogP contribution >= 0.6 is 12.2 Å². The van der Waals surface area contributed by atoms with Crippen molar-refractivity contribution < 1.29 is 9.36 Å². The summed E-state index contributed by atoms with van der Waals surface area (Å²) in [4.78, 5) is 13.6. The Morgan fingerprint density at radius 2 is 1.75 bits per heavy atom. The molecule has 0 unspecified atom stereocenters. The van der Waals surface area contributed by atoms with Gasteiger partial charge in [-0.15, -0.1) is 0 Å². The molecule has 2 atom stereocenters. The number of rotatable bonds is 7. The number of hydrogen-bond donors (Lipinski definition) is 1. The van der Waals surface area contributed by atoms with Gasteiger partial charge in [0.05, 0.1) is 0 Å². The maximum Gasteiger partial charge on any atom is 0.270 e. The Morgan fingerprint density at radius 1 is 1.12 bits per heavy atom. The van der Waals surface area contributed by atoms with Crippen molar-refractivity contribution in [3.05, 3.63) is 66.0 Å². The Bertz CT molecular complexity index is 683. The molecule has 0 radical (unpaired) electrons. The van der Waals surface area contributed by atoms with Crippen LogP contribution in [0.4, 0.5) is 0 Å². The van der Waals surface area contributed by atoms with Crippen LogP contribution in [0.25, 0.3) is 0 Å². The molecule has 1 aromatic heterocycles. The minimum Gasteiger partial charge on any atom is -0.374 e. The minimum absolute atomic E-state index is 0.00727. The number of pyridine rings is 1. The lowest BCUT2D eigenvalue weighted by molar-refractivity contribution is -0.692. The Kier molecular flexibility index (Phi) is 6.62. The molecule has 4 heteroatoms. The van der Waals surface area contributed by atoms with Crippen LogP contribution in [0.2, 0.25) is 0 Å². The van der Waals surface area contributed by atoms with E-state index in [1.54, 1.807) is 0 Å². The molecule has 0 spiro atoms. The molecule has 0 saturated carbocycles. The van der Waals surface area contributed by atoms with Gasteiger partial charge >= 0.3 is 0 Å². The van der Waals surface area contributed by atoms with Crippen molar-refractivity contribution in [1.82, 2.24) is 5.32 Å². The topological polar surface area (TPSA) is 33.0 Å². The summed E-state index contributed by atoms with van der Waals surface area (Å²) in [7, 11) is 0. The number of aromatic nitrogens is 1. The normalized spacial score (nSPS) is 13.1. The predicted molar refractivity (Wildman–Crippen MR) is 101 cm³/mol. The Balaban J connectivity index is 2.32. The molecule has 0 saturated heterocycles. The number of thiocarbonyl (C=S) groups is 1. The highest BCUT2D eigenvalue weighted by Crippen LogP contribution is 2.20. The molecule has 0 aliphatic heterocycles. The van der Waals surface area contributed by atoms with E-state index < -0.39 is 6.04 Å². The van der Waals surface area contributed by atoms with Gasteiger partial charge in [-0.1, -0.05) is 56.4 Å². The van der Waals surface area contributed by atoms with Crippen LogP contribution < -0.4 is 9.88 Å².